The van der Waals surface area contributed by atoms with Crippen LogP contribution in [0.4, 0.5) is 0 Å². The highest BCUT2D eigenvalue weighted by Crippen LogP contribution is 2.32. The predicted octanol–water partition coefficient (Wildman–Crippen LogP) is 0.248. The molecule has 9 heteroatoms. The van der Waals surface area contributed by atoms with E-state index in [0.717, 1.165) is 4.57 Å². The number of imidazole rings is 1. The summed E-state index contributed by atoms with van der Waals surface area (Å²) in [6, 6.07) is 2.95. The second kappa shape index (κ2) is 5.28. The number of ether oxygens (including phenoxy) is 1. The van der Waals surface area contributed by atoms with Gasteiger partial charge in [-0.25, -0.2) is 4.79 Å². The second-order valence-corrected chi connectivity index (χ2v) is 5.63. The monoisotopic (exact) mass is 334 g/mol. The maximum Gasteiger partial charge on any atom is 0.328 e. The third kappa shape index (κ3) is 2.26. The van der Waals surface area contributed by atoms with E-state index in [1.54, 1.807) is 0 Å². The molecule has 1 aromatic carbocycles. The number of halogens is 2. The molecule has 2 heterocycles. The predicted molar refractivity (Wildman–Crippen MR) is 75.6 cm³/mol. The van der Waals surface area contributed by atoms with Crippen molar-refractivity contribution < 1.29 is 20.1 Å². The molecule has 0 bridgehead atoms. The molecule has 0 saturated carbocycles. The molecule has 1 saturated heterocycles. The zero-order valence-corrected chi connectivity index (χ0v) is 12.0. The molecule has 3 rings (SSSR count). The Hall–Kier alpha value is -1.09. The molecule has 2 aromatic rings. The lowest BCUT2D eigenvalue weighted by molar-refractivity contribution is -0.0522. The minimum absolute atomic E-state index is 0.240. The number of nitrogens with one attached hydrogen (secondary N) is 1. The number of hydrogen-bond acceptors (Lipinski definition) is 5. The number of rotatable bonds is 2. The minimum Gasteiger partial charge on any atom is -0.394 e. The van der Waals surface area contributed by atoms with E-state index in [1.807, 2.05) is 0 Å². The van der Waals surface area contributed by atoms with Crippen LogP contribution in [0.1, 0.15) is 6.23 Å². The fourth-order valence-electron chi connectivity index (χ4n) is 2.47. The lowest BCUT2D eigenvalue weighted by Gasteiger charge is -2.16. The number of benzene rings is 1. The maximum absolute atomic E-state index is 12.1. The van der Waals surface area contributed by atoms with Gasteiger partial charge in [-0.2, -0.15) is 0 Å². The summed E-state index contributed by atoms with van der Waals surface area (Å²) in [4.78, 5) is 14.7. The number of aromatic amines is 1. The van der Waals surface area contributed by atoms with Crippen LogP contribution in [0.5, 0.6) is 0 Å². The lowest BCUT2D eigenvalue weighted by atomic mass is 10.1. The van der Waals surface area contributed by atoms with E-state index in [0.29, 0.717) is 11.0 Å². The van der Waals surface area contributed by atoms with Crippen LogP contribution >= 0.6 is 23.2 Å². The van der Waals surface area contributed by atoms with Gasteiger partial charge in [0.25, 0.3) is 0 Å². The van der Waals surface area contributed by atoms with Crippen molar-refractivity contribution in [2.45, 2.75) is 24.5 Å². The number of fused-ring (bicyclic) bond motifs is 1. The largest absolute Gasteiger partial charge is 0.394 e. The summed E-state index contributed by atoms with van der Waals surface area (Å²) < 4.78 is 6.50. The molecular formula is C12H12Cl2N2O5. The van der Waals surface area contributed by atoms with Gasteiger partial charge >= 0.3 is 5.69 Å². The molecule has 1 fully saturated rings. The first kappa shape index (κ1) is 14.8. The van der Waals surface area contributed by atoms with Gasteiger partial charge in [0.05, 0.1) is 27.7 Å². The summed E-state index contributed by atoms with van der Waals surface area (Å²) in [6.07, 6.45) is -4.74. The first-order valence-corrected chi connectivity index (χ1v) is 6.91. The first-order chi connectivity index (χ1) is 9.93. The molecule has 0 spiro atoms. The third-order valence-corrected chi connectivity index (χ3v) is 4.25. The molecule has 7 nitrogen and oxygen atoms in total. The molecule has 4 N–H and O–H groups in total. The average Bonchev–Trinajstić information content (AvgIpc) is 2.89. The van der Waals surface area contributed by atoms with Crippen LogP contribution in [0.25, 0.3) is 11.0 Å². The van der Waals surface area contributed by atoms with Gasteiger partial charge in [-0.15, -0.1) is 0 Å². The first-order valence-electron chi connectivity index (χ1n) is 6.15. The van der Waals surface area contributed by atoms with Crippen LogP contribution in [-0.2, 0) is 4.74 Å². The Labute approximate surface area is 128 Å². The van der Waals surface area contributed by atoms with Crippen molar-refractivity contribution in [2.24, 2.45) is 0 Å². The van der Waals surface area contributed by atoms with Crippen molar-refractivity contribution in [1.82, 2.24) is 9.55 Å². The molecule has 1 aliphatic heterocycles. The molecular weight excluding hydrogens is 323 g/mol. The smallest absolute Gasteiger partial charge is 0.328 e. The molecule has 0 aliphatic carbocycles. The van der Waals surface area contributed by atoms with Gasteiger partial charge in [0.1, 0.15) is 18.3 Å². The zero-order chi connectivity index (χ0) is 15.3. The van der Waals surface area contributed by atoms with Crippen LogP contribution in [0.15, 0.2) is 16.9 Å². The Morgan fingerprint density at radius 2 is 1.90 bits per heavy atom. The van der Waals surface area contributed by atoms with E-state index < -0.39 is 36.8 Å². The van der Waals surface area contributed by atoms with E-state index in [4.69, 9.17) is 33.0 Å². The van der Waals surface area contributed by atoms with Crippen molar-refractivity contribution in [2.75, 3.05) is 6.61 Å². The number of hydrogen-bond donors (Lipinski definition) is 4. The lowest BCUT2D eigenvalue weighted by Crippen LogP contribution is -2.34. The average molecular weight is 335 g/mol. The van der Waals surface area contributed by atoms with Crippen LogP contribution < -0.4 is 5.69 Å². The molecule has 1 aliphatic rings. The van der Waals surface area contributed by atoms with E-state index in [9.17, 15) is 15.0 Å². The molecule has 1 unspecified atom stereocenters. The SMILES string of the molecule is O=c1[nH]c2cc(Cl)c(Cl)cc2n1C1O[C@H](CO)[C@@H](O)[C@H]1O. The van der Waals surface area contributed by atoms with Crippen LogP contribution in [0, 0.1) is 0 Å². The van der Waals surface area contributed by atoms with Gasteiger partial charge in [-0.05, 0) is 12.1 Å². The highest BCUT2D eigenvalue weighted by molar-refractivity contribution is 6.42. The normalized spacial score (nSPS) is 29.4. The highest BCUT2D eigenvalue weighted by Gasteiger charge is 2.44. The number of aliphatic hydroxyl groups excluding tert-OH is 3. The standard InChI is InChI=1S/C12H12Cl2N2O5/c13-4-1-6-7(2-5(4)14)16(12(20)15-6)11-10(19)9(18)8(3-17)21-11/h1-2,8-11,17-19H,3H2,(H,15,20)/t8-,9-,10-,11?/m1/s1. The van der Waals surface area contributed by atoms with Gasteiger partial charge in [0.2, 0.25) is 0 Å². The maximum atomic E-state index is 12.1. The number of aliphatic hydroxyl groups is 3. The molecule has 4 atom stereocenters. The van der Waals surface area contributed by atoms with Gasteiger partial charge in [-0.1, -0.05) is 23.2 Å². The number of aromatic nitrogens is 2. The van der Waals surface area contributed by atoms with Gasteiger partial charge in [0.15, 0.2) is 6.23 Å². The Bertz CT molecular complexity index is 743. The van der Waals surface area contributed by atoms with Crippen LogP contribution in [-0.4, -0.2) is 49.8 Å². The summed E-state index contributed by atoms with van der Waals surface area (Å²) in [5.41, 5.74) is 0.259. The highest BCUT2D eigenvalue weighted by atomic mass is 35.5. The van der Waals surface area contributed by atoms with Crippen molar-refractivity contribution in [1.29, 1.82) is 0 Å². The summed E-state index contributed by atoms with van der Waals surface area (Å²) in [6.45, 7) is -0.474. The van der Waals surface area contributed by atoms with E-state index in [1.165, 1.54) is 12.1 Å². The van der Waals surface area contributed by atoms with Crippen molar-refractivity contribution in [3.63, 3.8) is 0 Å². The third-order valence-electron chi connectivity index (χ3n) is 3.53. The number of H-pyrrole nitrogens is 1. The topological polar surface area (TPSA) is 108 Å². The minimum atomic E-state index is -1.35. The van der Waals surface area contributed by atoms with Gasteiger partial charge in [0, 0.05) is 0 Å². The molecule has 21 heavy (non-hydrogen) atoms. The molecule has 1 aromatic heterocycles. The Morgan fingerprint density at radius 3 is 2.52 bits per heavy atom. The fraction of sp³-hybridized carbons (Fsp3) is 0.417. The summed E-state index contributed by atoms with van der Waals surface area (Å²) in [5, 5.41) is 29.4. The number of nitrogens with zero attached hydrogens (tertiary/aromatic N) is 1. The van der Waals surface area contributed by atoms with Gasteiger partial charge in [-0.3, -0.25) is 4.57 Å². The molecule has 0 radical (unpaired) electrons. The summed E-state index contributed by atoms with van der Waals surface area (Å²) in [5.74, 6) is 0. The second-order valence-electron chi connectivity index (χ2n) is 4.81. The van der Waals surface area contributed by atoms with Crippen molar-refractivity contribution in [3.8, 4) is 0 Å². The fourth-order valence-corrected chi connectivity index (χ4v) is 2.79. The van der Waals surface area contributed by atoms with E-state index >= 15 is 0 Å². The Kier molecular flexibility index (Phi) is 3.73. The van der Waals surface area contributed by atoms with Crippen LogP contribution in [0.3, 0.4) is 0 Å². The van der Waals surface area contributed by atoms with Crippen molar-refractivity contribution in [3.05, 3.63) is 32.7 Å². The quantitative estimate of drug-likeness (QED) is 0.629. The molecule has 114 valence electrons. The Morgan fingerprint density at radius 1 is 1.24 bits per heavy atom. The summed E-state index contributed by atoms with van der Waals surface area (Å²) >= 11 is 11.8. The van der Waals surface area contributed by atoms with Crippen molar-refractivity contribution >= 4 is 34.2 Å². The van der Waals surface area contributed by atoms with Gasteiger partial charge < -0.3 is 25.0 Å². The zero-order valence-electron chi connectivity index (χ0n) is 10.5. The van der Waals surface area contributed by atoms with Crippen LogP contribution in [0.2, 0.25) is 10.0 Å². The molecule has 0 amide bonds. The summed E-state index contributed by atoms with van der Waals surface area (Å²) in [7, 11) is 0. The van der Waals surface area contributed by atoms with E-state index in [2.05, 4.69) is 4.98 Å². The Balaban J connectivity index is 2.15. The van der Waals surface area contributed by atoms with E-state index in [-0.39, 0.29) is 10.0 Å².